The number of carboxylic acid groups (broad SMARTS) is 1. The lowest BCUT2D eigenvalue weighted by atomic mass is 9.98. The largest absolute Gasteiger partial charge is 0.477 e. The number of pyridine rings is 2. The SMILES string of the molecule is CC1CCN(C(=O)c2cnc3c(ccc4c(=O)c(C(=O)O)c[nH]c43)c2)CC1. The van der Waals surface area contributed by atoms with Crippen LogP contribution in [0.1, 0.15) is 40.5 Å². The Balaban J connectivity index is 1.76. The van der Waals surface area contributed by atoms with Gasteiger partial charge in [0.25, 0.3) is 5.91 Å². The van der Waals surface area contributed by atoms with E-state index in [4.69, 9.17) is 5.11 Å². The first-order chi connectivity index (χ1) is 13.0. The molecule has 1 aliphatic rings. The smallest absolute Gasteiger partial charge is 0.341 e. The number of rotatable bonds is 2. The first-order valence-electron chi connectivity index (χ1n) is 8.92. The molecule has 0 spiro atoms. The number of amides is 1. The molecule has 0 atom stereocenters. The number of aromatic amines is 1. The van der Waals surface area contributed by atoms with Crippen molar-refractivity contribution < 1.29 is 14.7 Å². The highest BCUT2D eigenvalue weighted by Gasteiger charge is 2.22. The van der Waals surface area contributed by atoms with E-state index < -0.39 is 11.4 Å². The number of carboxylic acids is 1. The Morgan fingerprint density at radius 1 is 1.26 bits per heavy atom. The summed E-state index contributed by atoms with van der Waals surface area (Å²) in [5.41, 5.74) is 0.648. The lowest BCUT2D eigenvalue weighted by Crippen LogP contribution is -2.37. The van der Waals surface area contributed by atoms with E-state index in [2.05, 4.69) is 16.9 Å². The van der Waals surface area contributed by atoms with E-state index in [1.54, 1.807) is 18.2 Å². The van der Waals surface area contributed by atoms with Crippen LogP contribution in [0.2, 0.25) is 0 Å². The Morgan fingerprint density at radius 3 is 2.70 bits per heavy atom. The number of hydrogen-bond donors (Lipinski definition) is 2. The lowest BCUT2D eigenvalue weighted by Gasteiger charge is -2.30. The zero-order valence-corrected chi connectivity index (χ0v) is 14.9. The number of likely N-dealkylation sites (tertiary alicyclic amines) is 1. The maximum absolute atomic E-state index is 12.8. The van der Waals surface area contributed by atoms with Crippen LogP contribution in [-0.4, -0.2) is 44.9 Å². The number of fused-ring (bicyclic) bond motifs is 3. The predicted octanol–water partition coefficient (Wildman–Crippen LogP) is 2.65. The summed E-state index contributed by atoms with van der Waals surface area (Å²) in [4.78, 5) is 45.3. The summed E-state index contributed by atoms with van der Waals surface area (Å²) in [6.07, 6.45) is 4.71. The Morgan fingerprint density at radius 2 is 2.00 bits per heavy atom. The van der Waals surface area contributed by atoms with Crippen molar-refractivity contribution in [2.45, 2.75) is 19.8 Å². The highest BCUT2D eigenvalue weighted by Crippen LogP contribution is 2.23. The van der Waals surface area contributed by atoms with Gasteiger partial charge in [-0.2, -0.15) is 0 Å². The molecule has 0 unspecified atom stereocenters. The molecule has 3 aromatic rings. The molecule has 3 heterocycles. The van der Waals surface area contributed by atoms with Crippen molar-refractivity contribution in [1.29, 1.82) is 0 Å². The van der Waals surface area contributed by atoms with Gasteiger partial charge in [0.1, 0.15) is 5.56 Å². The number of H-pyrrole nitrogens is 1. The lowest BCUT2D eigenvalue weighted by molar-refractivity contribution is 0.0687. The second kappa shape index (κ2) is 6.50. The van der Waals surface area contributed by atoms with Gasteiger partial charge in [-0.05, 0) is 30.9 Å². The van der Waals surface area contributed by atoms with Crippen molar-refractivity contribution in [2.24, 2.45) is 5.92 Å². The summed E-state index contributed by atoms with van der Waals surface area (Å²) in [7, 11) is 0. The number of carbonyl (C=O) groups excluding carboxylic acids is 1. The van der Waals surface area contributed by atoms with Crippen LogP contribution in [0.5, 0.6) is 0 Å². The fraction of sp³-hybridized carbons (Fsp3) is 0.300. The molecule has 7 heteroatoms. The average molecular weight is 365 g/mol. The van der Waals surface area contributed by atoms with Gasteiger partial charge in [-0.25, -0.2) is 4.79 Å². The summed E-state index contributed by atoms with van der Waals surface area (Å²) >= 11 is 0. The number of carbonyl (C=O) groups is 2. The molecule has 7 nitrogen and oxygen atoms in total. The minimum Gasteiger partial charge on any atom is -0.477 e. The van der Waals surface area contributed by atoms with Gasteiger partial charge in [-0.15, -0.1) is 0 Å². The molecule has 0 bridgehead atoms. The molecular formula is C20H19N3O4. The van der Waals surface area contributed by atoms with Crippen LogP contribution in [0.4, 0.5) is 0 Å². The molecule has 1 aromatic carbocycles. The minimum absolute atomic E-state index is 0.0360. The van der Waals surface area contributed by atoms with E-state index in [1.165, 1.54) is 12.4 Å². The average Bonchev–Trinajstić information content (AvgIpc) is 2.67. The quantitative estimate of drug-likeness (QED) is 0.680. The van der Waals surface area contributed by atoms with Gasteiger partial charge in [-0.3, -0.25) is 14.6 Å². The molecule has 1 fully saturated rings. The van der Waals surface area contributed by atoms with Gasteiger partial charge in [0.2, 0.25) is 5.43 Å². The Hall–Kier alpha value is -3.22. The fourth-order valence-electron chi connectivity index (χ4n) is 3.56. The normalized spacial score (nSPS) is 15.4. The van der Waals surface area contributed by atoms with Crippen molar-refractivity contribution in [1.82, 2.24) is 14.9 Å². The van der Waals surface area contributed by atoms with E-state index in [-0.39, 0.29) is 16.9 Å². The third kappa shape index (κ3) is 2.95. The van der Waals surface area contributed by atoms with Gasteiger partial charge in [0, 0.05) is 36.3 Å². The number of aromatic carboxylic acids is 1. The van der Waals surface area contributed by atoms with Crippen molar-refractivity contribution in [3.05, 3.63) is 51.9 Å². The number of aromatic nitrogens is 2. The van der Waals surface area contributed by atoms with E-state index >= 15 is 0 Å². The van der Waals surface area contributed by atoms with E-state index in [0.717, 1.165) is 31.3 Å². The van der Waals surface area contributed by atoms with Crippen molar-refractivity contribution in [3.63, 3.8) is 0 Å². The third-order valence-electron chi connectivity index (χ3n) is 5.25. The molecule has 0 saturated carbocycles. The molecule has 1 saturated heterocycles. The molecule has 138 valence electrons. The Kier molecular flexibility index (Phi) is 4.14. The van der Waals surface area contributed by atoms with Crippen LogP contribution in [0, 0.1) is 5.92 Å². The topological polar surface area (TPSA) is 103 Å². The van der Waals surface area contributed by atoms with Crippen LogP contribution in [0.3, 0.4) is 0 Å². The molecule has 4 rings (SSSR count). The van der Waals surface area contributed by atoms with Crippen LogP contribution < -0.4 is 5.43 Å². The number of piperidine rings is 1. The maximum atomic E-state index is 12.8. The molecule has 1 amide bonds. The minimum atomic E-state index is -1.27. The third-order valence-corrected chi connectivity index (χ3v) is 5.25. The Bertz CT molecular complexity index is 1130. The second-order valence-corrected chi connectivity index (χ2v) is 7.10. The molecule has 2 aromatic heterocycles. The summed E-state index contributed by atoms with van der Waals surface area (Å²) in [5.74, 6) is -0.670. The maximum Gasteiger partial charge on any atom is 0.341 e. The molecule has 1 aliphatic heterocycles. The zero-order chi connectivity index (χ0) is 19.1. The first-order valence-corrected chi connectivity index (χ1v) is 8.92. The summed E-state index contributed by atoms with van der Waals surface area (Å²) in [5, 5.41) is 10.1. The van der Waals surface area contributed by atoms with Crippen LogP contribution >= 0.6 is 0 Å². The zero-order valence-electron chi connectivity index (χ0n) is 14.9. The fourth-order valence-corrected chi connectivity index (χ4v) is 3.56. The van der Waals surface area contributed by atoms with Gasteiger partial charge in [0.15, 0.2) is 0 Å². The number of hydrogen-bond acceptors (Lipinski definition) is 4. The van der Waals surface area contributed by atoms with Gasteiger partial charge in [0.05, 0.1) is 16.6 Å². The summed E-state index contributed by atoms with van der Waals surface area (Å²) < 4.78 is 0. The standard InChI is InChI=1S/C20H19N3O4/c1-11-4-6-23(7-5-11)19(25)13-8-12-2-3-14-17(16(12)21-9-13)22-10-15(18(14)24)20(26)27/h2-3,8-11H,4-7H2,1H3,(H,22,24)(H,26,27). The van der Waals surface area contributed by atoms with Crippen molar-refractivity contribution in [3.8, 4) is 0 Å². The van der Waals surface area contributed by atoms with Crippen LogP contribution in [0.15, 0.2) is 35.4 Å². The summed E-state index contributed by atoms with van der Waals surface area (Å²) in [6.45, 7) is 3.70. The Labute approximate surface area is 154 Å². The molecule has 0 aliphatic carbocycles. The van der Waals surface area contributed by atoms with E-state index in [1.807, 2.05) is 4.90 Å². The van der Waals surface area contributed by atoms with Crippen LogP contribution in [-0.2, 0) is 0 Å². The van der Waals surface area contributed by atoms with E-state index in [9.17, 15) is 14.4 Å². The molecular weight excluding hydrogens is 346 g/mol. The van der Waals surface area contributed by atoms with Gasteiger partial charge >= 0.3 is 5.97 Å². The second-order valence-electron chi connectivity index (χ2n) is 7.10. The predicted molar refractivity (Wildman–Crippen MR) is 101 cm³/mol. The monoisotopic (exact) mass is 365 g/mol. The van der Waals surface area contributed by atoms with Gasteiger partial charge in [-0.1, -0.05) is 13.0 Å². The highest BCUT2D eigenvalue weighted by atomic mass is 16.4. The van der Waals surface area contributed by atoms with Gasteiger partial charge < -0.3 is 15.0 Å². The molecule has 27 heavy (non-hydrogen) atoms. The number of nitrogens with zero attached hydrogens (tertiary/aromatic N) is 2. The van der Waals surface area contributed by atoms with E-state index in [0.29, 0.717) is 22.5 Å². The van der Waals surface area contributed by atoms with Crippen molar-refractivity contribution >= 4 is 33.7 Å². The molecule has 2 N–H and O–H groups in total. The number of nitrogens with one attached hydrogen (secondary N) is 1. The highest BCUT2D eigenvalue weighted by molar-refractivity contribution is 6.06. The molecule has 0 radical (unpaired) electrons. The summed E-state index contributed by atoms with van der Waals surface area (Å²) in [6, 6.07) is 5.04. The number of benzene rings is 1. The van der Waals surface area contributed by atoms with Crippen LogP contribution in [0.25, 0.3) is 21.8 Å². The van der Waals surface area contributed by atoms with Crippen molar-refractivity contribution in [2.75, 3.05) is 13.1 Å². The first kappa shape index (κ1) is 17.2.